The molecule has 1 N–H and O–H groups in total. The van der Waals surface area contributed by atoms with E-state index in [1.807, 2.05) is 18.4 Å². The number of anilines is 1. The van der Waals surface area contributed by atoms with Gasteiger partial charge in [0, 0.05) is 6.54 Å². The van der Waals surface area contributed by atoms with Crippen LogP contribution in [0, 0.1) is 0 Å². The Hall–Kier alpha value is -1.57. The van der Waals surface area contributed by atoms with Crippen molar-refractivity contribution in [3.8, 4) is 0 Å². The molecule has 3 aromatic heterocycles. The Morgan fingerprint density at radius 2 is 1.94 bits per heavy atom. The molecule has 0 saturated carbocycles. The summed E-state index contributed by atoms with van der Waals surface area (Å²) in [6.07, 6.45) is 4.05. The van der Waals surface area contributed by atoms with Gasteiger partial charge in [-0.3, -0.25) is 4.79 Å². The van der Waals surface area contributed by atoms with Crippen LogP contribution in [-0.2, 0) is 14.8 Å². The topological polar surface area (TPSA) is 92.3 Å². The summed E-state index contributed by atoms with van der Waals surface area (Å²) in [7, 11) is -3.69. The molecule has 1 unspecified atom stereocenters. The number of carbonyl (C=O) groups excluding carboxylic acids is 1. The van der Waals surface area contributed by atoms with Gasteiger partial charge in [0.1, 0.15) is 10.3 Å². The zero-order valence-electron chi connectivity index (χ0n) is 16.4. The first-order chi connectivity index (χ1) is 15.0. The predicted molar refractivity (Wildman–Crippen MR) is 129 cm³/mol. The fourth-order valence-corrected chi connectivity index (χ4v) is 9.10. The van der Waals surface area contributed by atoms with E-state index < -0.39 is 16.1 Å². The number of hydrogen-bond acceptors (Lipinski definition) is 9. The maximum Gasteiger partial charge on any atom is 0.253 e. The number of thioether (sulfide) groups is 1. The second-order valence-corrected chi connectivity index (χ2v) is 13.1. The molecule has 0 spiro atoms. The number of thiophene rings is 1. The first-order valence-corrected chi connectivity index (χ1v) is 14.8. The average molecular weight is 511 g/mol. The summed E-state index contributed by atoms with van der Waals surface area (Å²) in [5.74, 6) is -0.329. The van der Waals surface area contributed by atoms with Crippen molar-refractivity contribution in [2.75, 3.05) is 18.1 Å². The van der Waals surface area contributed by atoms with Gasteiger partial charge in [0.25, 0.3) is 10.0 Å². The highest BCUT2D eigenvalue weighted by atomic mass is 32.2. The van der Waals surface area contributed by atoms with E-state index in [1.165, 1.54) is 27.0 Å². The number of piperidine rings is 1. The molecule has 7 nitrogen and oxygen atoms in total. The fourth-order valence-electron chi connectivity index (χ4n) is 3.66. The average Bonchev–Trinajstić information content (AvgIpc) is 3.51. The first-order valence-electron chi connectivity index (χ1n) is 9.57. The molecule has 1 aromatic carbocycles. The lowest BCUT2D eigenvalue weighted by Gasteiger charge is -2.32. The van der Waals surface area contributed by atoms with Gasteiger partial charge in [-0.05, 0) is 42.7 Å². The molecule has 4 heterocycles. The van der Waals surface area contributed by atoms with E-state index in [9.17, 15) is 13.2 Å². The molecule has 0 bridgehead atoms. The molecule has 1 saturated heterocycles. The van der Waals surface area contributed by atoms with Gasteiger partial charge in [-0.25, -0.2) is 18.4 Å². The van der Waals surface area contributed by atoms with Crippen LogP contribution < -0.4 is 5.32 Å². The van der Waals surface area contributed by atoms with Crippen molar-refractivity contribution in [2.45, 2.75) is 33.9 Å². The summed E-state index contributed by atoms with van der Waals surface area (Å²) < 4.78 is 30.8. The number of sulfonamides is 1. The van der Waals surface area contributed by atoms with E-state index in [0.29, 0.717) is 18.1 Å². The molecule has 0 radical (unpaired) electrons. The minimum atomic E-state index is -3.69. The van der Waals surface area contributed by atoms with Crippen LogP contribution in [0.3, 0.4) is 0 Å². The quantitative estimate of drug-likeness (QED) is 0.385. The summed E-state index contributed by atoms with van der Waals surface area (Å²) in [5, 5.41) is 5.09. The number of hydrogen-bond donors (Lipinski definition) is 1. The Balaban J connectivity index is 1.43. The van der Waals surface area contributed by atoms with Crippen molar-refractivity contribution < 1.29 is 13.2 Å². The monoisotopic (exact) mass is 510 g/mol. The van der Waals surface area contributed by atoms with Crippen LogP contribution in [0.2, 0.25) is 0 Å². The Labute approximate surface area is 195 Å². The third kappa shape index (κ3) is 3.89. The molecule has 0 aliphatic carbocycles. The molecule has 31 heavy (non-hydrogen) atoms. The van der Waals surface area contributed by atoms with Crippen molar-refractivity contribution >= 4 is 87.3 Å². The number of aromatic nitrogens is 2. The number of carbonyl (C=O) groups is 1. The van der Waals surface area contributed by atoms with Crippen LogP contribution in [0.15, 0.2) is 38.2 Å². The Kier molecular flexibility index (Phi) is 5.78. The highest BCUT2D eigenvalue weighted by Gasteiger charge is 2.38. The summed E-state index contributed by atoms with van der Waals surface area (Å²) in [6, 6.07) is 6.40. The van der Waals surface area contributed by atoms with E-state index in [2.05, 4.69) is 15.3 Å². The minimum absolute atomic E-state index is 0.268. The summed E-state index contributed by atoms with van der Waals surface area (Å²) in [5.41, 5.74) is 1.72. The number of nitrogens with one attached hydrogen (secondary N) is 1. The Morgan fingerprint density at radius 3 is 2.68 bits per heavy atom. The lowest BCUT2D eigenvalue weighted by molar-refractivity contribution is -0.120. The van der Waals surface area contributed by atoms with Gasteiger partial charge in [-0.2, -0.15) is 4.31 Å². The van der Waals surface area contributed by atoms with Gasteiger partial charge >= 0.3 is 0 Å². The van der Waals surface area contributed by atoms with Crippen LogP contribution in [0.5, 0.6) is 0 Å². The minimum Gasteiger partial charge on any atom is -0.301 e. The molecule has 1 aliphatic heterocycles. The fraction of sp³-hybridized carbons (Fsp3) is 0.316. The number of thiazole rings is 2. The number of rotatable bonds is 5. The summed E-state index contributed by atoms with van der Waals surface area (Å²) in [6.45, 7) is 0.344. The number of benzene rings is 1. The maximum absolute atomic E-state index is 13.1. The third-order valence-electron chi connectivity index (χ3n) is 5.11. The van der Waals surface area contributed by atoms with E-state index in [-0.39, 0.29) is 10.1 Å². The molecule has 12 heteroatoms. The molecular weight excluding hydrogens is 493 g/mol. The predicted octanol–water partition coefficient (Wildman–Crippen LogP) is 4.87. The van der Waals surface area contributed by atoms with Gasteiger partial charge in [0.15, 0.2) is 9.47 Å². The van der Waals surface area contributed by atoms with Gasteiger partial charge < -0.3 is 5.32 Å². The standard InChI is InChI=1S/C19H18N4O3S5/c1-27-19-21-12-8-7-11-15(16(12)30-19)29-18(20-11)22-17(24)13-5-2-3-9-23(13)31(25,26)14-6-4-10-28-14/h4,6-8,10,13H,2-3,5,9H2,1H3,(H,20,22,24). The molecule has 1 fully saturated rings. The van der Waals surface area contributed by atoms with Gasteiger partial charge in [0.05, 0.1) is 20.4 Å². The zero-order valence-corrected chi connectivity index (χ0v) is 20.5. The molecular formula is C19H18N4O3S5. The Bertz CT molecular complexity index is 1360. The van der Waals surface area contributed by atoms with Crippen molar-refractivity contribution in [1.29, 1.82) is 0 Å². The third-order valence-corrected chi connectivity index (χ3v) is 11.6. The van der Waals surface area contributed by atoms with Crippen molar-refractivity contribution in [2.24, 2.45) is 0 Å². The van der Waals surface area contributed by atoms with Crippen molar-refractivity contribution in [3.05, 3.63) is 29.6 Å². The molecule has 162 valence electrons. The number of amides is 1. The molecule has 4 aromatic rings. The van der Waals surface area contributed by atoms with Crippen LogP contribution in [-0.4, -0.2) is 47.4 Å². The second-order valence-electron chi connectivity index (χ2n) is 7.01. The highest BCUT2D eigenvalue weighted by molar-refractivity contribution is 8.00. The van der Waals surface area contributed by atoms with Gasteiger partial charge in [-0.15, -0.1) is 22.7 Å². The molecule has 1 atom stereocenters. The van der Waals surface area contributed by atoms with Crippen molar-refractivity contribution in [3.63, 3.8) is 0 Å². The van der Waals surface area contributed by atoms with Crippen LogP contribution in [0.25, 0.3) is 20.4 Å². The highest BCUT2D eigenvalue weighted by Crippen LogP contribution is 2.38. The smallest absolute Gasteiger partial charge is 0.253 e. The van der Waals surface area contributed by atoms with E-state index in [1.54, 1.807) is 40.6 Å². The molecule has 1 aliphatic rings. The SMILES string of the molecule is CSc1nc2ccc3nc(NC(=O)C4CCCCN4S(=O)(=O)c4cccs4)sc3c2s1. The lowest BCUT2D eigenvalue weighted by Crippen LogP contribution is -2.49. The summed E-state index contributed by atoms with van der Waals surface area (Å²) in [4.78, 5) is 22.3. The Morgan fingerprint density at radius 1 is 1.16 bits per heavy atom. The van der Waals surface area contributed by atoms with E-state index in [4.69, 9.17) is 0 Å². The van der Waals surface area contributed by atoms with E-state index in [0.717, 1.165) is 37.6 Å². The summed E-state index contributed by atoms with van der Waals surface area (Å²) >= 11 is 5.79. The van der Waals surface area contributed by atoms with E-state index >= 15 is 0 Å². The molecule has 5 rings (SSSR count). The maximum atomic E-state index is 13.1. The first kappa shape index (κ1) is 21.3. The van der Waals surface area contributed by atoms with Crippen LogP contribution >= 0.6 is 45.8 Å². The molecule has 1 amide bonds. The van der Waals surface area contributed by atoms with Crippen LogP contribution in [0.1, 0.15) is 19.3 Å². The normalized spacial score (nSPS) is 18.0. The second kappa shape index (κ2) is 8.41. The zero-order chi connectivity index (χ0) is 21.6. The van der Waals surface area contributed by atoms with Crippen molar-refractivity contribution in [1.82, 2.24) is 14.3 Å². The number of nitrogens with zero attached hydrogens (tertiary/aromatic N) is 3. The van der Waals surface area contributed by atoms with Gasteiger partial charge in [0.2, 0.25) is 5.91 Å². The van der Waals surface area contributed by atoms with Crippen LogP contribution in [0.4, 0.5) is 5.13 Å². The lowest BCUT2D eigenvalue weighted by atomic mass is 10.0. The van der Waals surface area contributed by atoms with Gasteiger partial charge in [-0.1, -0.05) is 35.6 Å². The number of fused-ring (bicyclic) bond motifs is 3. The largest absolute Gasteiger partial charge is 0.301 e.